The molecule has 2 aromatic carbocycles. The van der Waals surface area contributed by atoms with Crippen molar-refractivity contribution >= 4 is 15.7 Å². The highest BCUT2D eigenvalue weighted by Crippen LogP contribution is 2.23. The van der Waals surface area contributed by atoms with Gasteiger partial charge in [0.05, 0.1) is 22.7 Å². The Balaban J connectivity index is 1.52. The van der Waals surface area contributed by atoms with Gasteiger partial charge >= 0.3 is 0 Å². The molecule has 0 atom stereocenters. The van der Waals surface area contributed by atoms with Crippen LogP contribution in [0.2, 0.25) is 0 Å². The van der Waals surface area contributed by atoms with E-state index in [0.717, 1.165) is 28.8 Å². The molecule has 0 bridgehead atoms. The van der Waals surface area contributed by atoms with Crippen LogP contribution in [0.1, 0.15) is 28.1 Å². The molecule has 6 nitrogen and oxygen atoms in total. The number of benzene rings is 2. The van der Waals surface area contributed by atoms with Gasteiger partial charge in [0.15, 0.2) is 9.84 Å². The molecule has 0 spiro atoms. The van der Waals surface area contributed by atoms with Crippen LogP contribution in [0.3, 0.4) is 0 Å². The topological polar surface area (TPSA) is 80.2 Å². The number of aromatic nitrogens is 2. The maximum atomic E-state index is 13.2. The number of rotatable bonds is 5. The molecular formula is C23H22FN3O3S. The molecule has 0 saturated carbocycles. The van der Waals surface area contributed by atoms with Crippen LogP contribution in [0.15, 0.2) is 59.8 Å². The first-order chi connectivity index (χ1) is 14.8. The van der Waals surface area contributed by atoms with Gasteiger partial charge in [0.1, 0.15) is 12.1 Å². The zero-order chi connectivity index (χ0) is 22.0. The van der Waals surface area contributed by atoms with E-state index in [9.17, 15) is 17.6 Å². The van der Waals surface area contributed by atoms with E-state index in [2.05, 4.69) is 9.97 Å². The van der Waals surface area contributed by atoms with Crippen LogP contribution < -0.4 is 0 Å². The summed E-state index contributed by atoms with van der Waals surface area (Å²) in [5, 5.41) is 0. The van der Waals surface area contributed by atoms with Crippen molar-refractivity contribution in [1.82, 2.24) is 14.9 Å². The molecule has 1 aliphatic heterocycles. The highest BCUT2D eigenvalue weighted by atomic mass is 32.2. The molecule has 160 valence electrons. The Bertz CT molecular complexity index is 1230. The quantitative estimate of drug-likeness (QED) is 0.611. The summed E-state index contributed by atoms with van der Waals surface area (Å²) in [5.41, 5.74) is 4.28. The second-order valence-electron chi connectivity index (χ2n) is 7.71. The van der Waals surface area contributed by atoms with E-state index in [0.29, 0.717) is 31.5 Å². The summed E-state index contributed by atoms with van der Waals surface area (Å²) in [4.78, 5) is 23.7. The summed E-state index contributed by atoms with van der Waals surface area (Å²) in [7, 11) is -3.33. The van der Waals surface area contributed by atoms with E-state index < -0.39 is 9.84 Å². The SMILES string of the molecule is CS(=O)(=O)c1cccc(CC(=O)N2CCc3ncnc(Cc4ccc(F)cc4)c3C2)c1. The lowest BCUT2D eigenvalue weighted by Crippen LogP contribution is -2.38. The molecular weight excluding hydrogens is 417 g/mol. The summed E-state index contributed by atoms with van der Waals surface area (Å²) >= 11 is 0. The number of hydrogen-bond donors (Lipinski definition) is 0. The van der Waals surface area contributed by atoms with E-state index in [-0.39, 0.29) is 23.0 Å². The Morgan fingerprint density at radius 3 is 2.61 bits per heavy atom. The van der Waals surface area contributed by atoms with E-state index in [1.54, 1.807) is 35.2 Å². The van der Waals surface area contributed by atoms with Gasteiger partial charge in [-0.3, -0.25) is 4.79 Å². The van der Waals surface area contributed by atoms with Crippen molar-refractivity contribution in [3.05, 3.63) is 88.8 Å². The van der Waals surface area contributed by atoms with Crippen LogP contribution in [0, 0.1) is 5.82 Å². The van der Waals surface area contributed by atoms with Gasteiger partial charge in [-0.25, -0.2) is 22.8 Å². The molecule has 0 N–H and O–H groups in total. The Labute approximate surface area is 180 Å². The summed E-state index contributed by atoms with van der Waals surface area (Å²) in [6.07, 6.45) is 3.97. The lowest BCUT2D eigenvalue weighted by atomic mass is 9.99. The monoisotopic (exact) mass is 439 g/mol. The van der Waals surface area contributed by atoms with Gasteiger partial charge in [0, 0.05) is 37.8 Å². The molecule has 0 unspecified atom stereocenters. The van der Waals surface area contributed by atoms with Crippen LogP contribution >= 0.6 is 0 Å². The largest absolute Gasteiger partial charge is 0.338 e. The average molecular weight is 440 g/mol. The maximum absolute atomic E-state index is 13.2. The van der Waals surface area contributed by atoms with Crippen molar-refractivity contribution < 1.29 is 17.6 Å². The summed E-state index contributed by atoms with van der Waals surface area (Å²) in [6.45, 7) is 0.946. The number of halogens is 1. The van der Waals surface area contributed by atoms with Crippen LogP contribution in [0.25, 0.3) is 0 Å². The standard InChI is InChI=1S/C23H22FN3O3S/c1-31(29,30)19-4-2-3-17(11-19)13-23(28)27-10-9-21-20(14-27)22(26-15-25-21)12-16-5-7-18(24)8-6-16/h2-8,11,15H,9-10,12-14H2,1H3. The number of nitrogens with zero attached hydrogens (tertiary/aromatic N) is 3. The van der Waals surface area contributed by atoms with Gasteiger partial charge in [-0.1, -0.05) is 24.3 Å². The third kappa shape index (κ3) is 4.96. The van der Waals surface area contributed by atoms with E-state index in [1.807, 2.05) is 0 Å². The maximum Gasteiger partial charge on any atom is 0.227 e. The van der Waals surface area contributed by atoms with E-state index in [4.69, 9.17) is 0 Å². The molecule has 0 saturated heterocycles. The first-order valence-corrected chi connectivity index (χ1v) is 11.8. The summed E-state index contributed by atoms with van der Waals surface area (Å²) in [6, 6.07) is 12.8. The molecule has 0 radical (unpaired) electrons. The van der Waals surface area contributed by atoms with Crippen molar-refractivity contribution in [1.29, 1.82) is 0 Å². The highest BCUT2D eigenvalue weighted by molar-refractivity contribution is 7.90. The molecule has 3 aromatic rings. The summed E-state index contributed by atoms with van der Waals surface area (Å²) in [5.74, 6) is -0.363. The smallest absolute Gasteiger partial charge is 0.227 e. The van der Waals surface area contributed by atoms with Crippen molar-refractivity contribution in [3.63, 3.8) is 0 Å². The molecule has 4 rings (SSSR count). The number of sulfone groups is 1. The molecule has 0 fully saturated rings. The fourth-order valence-electron chi connectivity index (χ4n) is 3.73. The van der Waals surface area contributed by atoms with Gasteiger partial charge in [-0.05, 0) is 35.4 Å². The minimum absolute atomic E-state index is 0.0760. The normalized spacial score (nSPS) is 13.7. The first-order valence-electron chi connectivity index (χ1n) is 9.92. The zero-order valence-electron chi connectivity index (χ0n) is 17.1. The van der Waals surface area contributed by atoms with E-state index in [1.165, 1.54) is 24.5 Å². The predicted octanol–water partition coefficient (Wildman–Crippen LogP) is 2.74. The average Bonchev–Trinajstić information content (AvgIpc) is 2.75. The van der Waals surface area contributed by atoms with Gasteiger partial charge in [0.25, 0.3) is 0 Å². The number of hydrogen-bond acceptors (Lipinski definition) is 5. The van der Waals surface area contributed by atoms with Gasteiger partial charge < -0.3 is 4.90 Å². The molecule has 1 aromatic heterocycles. The summed E-state index contributed by atoms with van der Waals surface area (Å²) < 4.78 is 36.8. The second kappa shape index (κ2) is 8.55. The molecule has 1 amide bonds. The predicted molar refractivity (Wildman–Crippen MR) is 114 cm³/mol. The highest BCUT2D eigenvalue weighted by Gasteiger charge is 2.24. The van der Waals surface area contributed by atoms with Crippen molar-refractivity contribution in [3.8, 4) is 0 Å². The molecule has 8 heteroatoms. The van der Waals surface area contributed by atoms with Crippen molar-refractivity contribution in [2.24, 2.45) is 0 Å². The number of carbonyl (C=O) groups is 1. The number of fused-ring (bicyclic) bond motifs is 1. The fraction of sp³-hybridized carbons (Fsp3) is 0.261. The minimum atomic E-state index is -3.33. The van der Waals surface area contributed by atoms with Crippen LogP contribution in [0.4, 0.5) is 4.39 Å². The second-order valence-corrected chi connectivity index (χ2v) is 9.73. The molecule has 0 aliphatic carbocycles. The van der Waals surface area contributed by atoms with Crippen LogP contribution in [0.5, 0.6) is 0 Å². The Morgan fingerprint density at radius 2 is 1.87 bits per heavy atom. The van der Waals surface area contributed by atoms with Gasteiger partial charge in [-0.15, -0.1) is 0 Å². The Kier molecular flexibility index (Phi) is 5.82. The lowest BCUT2D eigenvalue weighted by molar-refractivity contribution is -0.131. The van der Waals surface area contributed by atoms with Gasteiger partial charge in [0.2, 0.25) is 5.91 Å². The van der Waals surface area contributed by atoms with Crippen LogP contribution in [-0.2, 0) is 40.4 Å². The third-order valence-electron chi connectivity index (χ3n) is 5.41. The van der Waals surface area contributed by atoms with Gasteiger partial charge in [-0.2, -0.15) is 0 Å². The molecule has 31 heavy (non-hydrogen) atoms. The lowest BCUT2D eigenvalue weighted by Gasteiger charge is -2.29. The zero-order valence-corrected chi connectivity index (χ0v) is 17.9. The number of carbonyl (C=O) groups excluding carboxylic acids is 1. The van der Waals surface area contributed by atoms with E-state index >= 15 is 0 Å². The van der Waals surface area contributed by atoms with Crippen LogP contribution in [-0.4, -0.2) is 42.0 Å². The van der Waals surface area contributed by atoms with Crippen molar-refractivity contribution in [2.45, 2.75) is 30.7 Å². The first kappa shape index (κ1) is 21.1. The molecule has 2 heterocycles. The minimum Gasteiger partial charge on any atom is -0.338 e. The van der Waals surface area contributed by atoms with Crippen molar-refractivity contribution in [2.75, 3.05) is 12.8 Å². The Morgan fingerprint density at radius 1 is 1.10 bits per heavy atom. The number of amides is 1. The fourth-order valence-corrected chi connectivity index (χ4v) is 4.42. The third-order valence-corrected chi connectivity index (χ3v) is 6.52. The Hall–Kier alpha value is -3.13. The molecule has 1 aliphatic rings.